The van der Waals surface area contributed by atoms with Gasteiger partial charge in [-0.05, 0) is 58.7 Å². The third-order valence-electron chi connectivity index (χ3n) is 2.47. The largest absolute Gasteiger partial charge is 0.361 e. The molecule has 0 unspecified atom stereocenters. The number of rotatable bonds is 4. The highest BCUT2D eigenvalue weighted by Crippen LogP contribution is 2.17. The first-order chi connectivity index (χ1) is 9.40. The van der Waals surface area contributed by atoms with E-state index < -0.39 is 11.7 Å². The van der Waals surface area contributed by atoms with Crippen LogP contribution in [-0.4, -0.2) is 17.6 Å². The number of nitrogens with one attached hydrogen (secondary N) is 3. The minimum atomic E-state index is -0.476. The molecule has 1 aromatic carbocycles. The van der Waals surface area contributed by atoms with Crippen molar-refractivity contribution in [1.82, 2.24) is 16.2 Å². The number of hydrogen-bond acceptors (Lipinski definition) is 2. The van der Waals surface area contributed by atoms with Crippen LogP contribution in [0.15, 0.2) is 22.7 Å². The molecule has 3 N–H and O–H groups in total. The van der Waals surface area contributed by atoms with Crippen molar-refractivity contribution in [2.45, 2.75) is 20.3 Å². The van der Waals surface area contributed by atoms with Crippen molar-refractivity contribution in [1.29, 1.82) is 0 Å². The van der Waals surface area contributed by atoms with Gasteiger partial charge in [0.2, 0.25) is 0 Å². The summed E-state index contributed by atoms with van der Waals surface area (Å²) in [6.45, 7) is 4.95. The predicted molar refractivity (Wildman–Crippen MR) is 84.8 cm³/mol. The molecule has 0 spiro atoms. The molecule has 0 saturated carbocycles. The summed E-state index contributed by atoms with van der Waals surface area (Å²) in [4.78, 5) is 11.8. The number of amides is 1. The van der Waals surface area contributed by atoms with Crippen LogP contribution >= 0.6 is 28.1 Å². The van der Waals surface area contributed by atoms with Crippen molar-refractivity contribution >= 4 is 39.2 Å². The molecule has 0 aromatic heterocycles. The van der Waals surface area contributed by atoms with Gasteiger partial charge in [-0.2, -0.15) is 0 Å². The Morgan fingerprint density at radius 3 is 2.75 bits per heavy atom. The van der Waals surface area contributed by atoms with E-state index in [9.17, 15) is 9.18 Å². The molecular weight excluding hydrogens is 345 g/mol. The summed E-state index contributed by atoms with van der Waals surface area (Å²) in [6.07, 6.45) is 0.977. The first kappa shape index (κ1) is 16.8. The maximum atomic E-state index is 13.1. The van der Waals surface area contributed by atoms with E-state index in [1.807, 2.05) is 0 Å². The Kier molecular flexibility index (Phi) is 6.87. The minimum Gasteiger partial charge on any atom is -0.361 e. The van der Waals surface area contributed by atoms with Crippen molar-refractivity contribution in [3.05, 3.63) is 34.1 Å². The van der Waals surface area contributed by atoms with Crippen LogP contribution in [0.5, 0.6) is 0 Å². The molecule has 0 aliphatic heterocycles. The summed E-state index contributed by atoms with van der Waals surface area (Å²) in [6, 6.07) is 3.90. The average Bonchev–Trinajstić information content (AvgIpc) is 2.38. The number of halogens is 2. The topological polar surface area (TPSA) is 53.2 Å². The molecule has 0 bridgehead atoms. The van der Waals surface area contributed by atoms with E-state index in [0.29, 0.717) is 15.5 Å². The van der Waals surface area contributed by atoms with Crippen molar-refractivity contribution < 1.29 is 9.18 Å². The Labute approximate surface area is 131 Å². The quantitative estimate of drug-likeness (QED) is 0.570. The number of thiocarbonyl (C=S) groups is 1. The number of hydrogen-bond donors (Lipinski definition) is 3. The fourth-order valence-electron chi connectivity index (χ4n) is 1.37. The summed E-state index contributed by atoms with van der Waals surface area (Å²) in [5, 5.41) is 3.29. The Morgan fingerprint density at radius 1 is 1.40 bits per heavy atom. The highest BCUT2D eigenvalue weighted by molar-refractivity contribution is 9.10. The predicted octanol–water partition coefficient (Wildman–Crippen LogP) is 2.74. The first-order valence-corrected chi connectivity index (χ1v) is 7.39. The normalized spacial score (nSPS) is 10.2. The Bertz CT molecular complexity index is 497. The molecular formula is C13H17BrFN3OS. The van der Waals surface area contributed by atoms with Gasteiger partial charge in [0.05, 0.1) is 5.56 Å². The van der Waals surface area contributed by atoms with E-state index in [0.717, 1.165) is 19.0 Å². The summed E-state index contributed by atoms with van der Waals surface area (Å²) < 4.78 is 13.6. The highest BCUT2D eigenvalue weighted by atomic mass is 79.9. The van der Waals surface area contributed by atoms with Crippen molar-refractivity contribution in [3.63, 3.8) is 0 Å². The molecule has 1 aromatic rings. The Balaban J connectivity index is 2.43. The smallest absolute Gasteiger partial charge is 0.270 e. The standard InChI is InChI=1S/C13H17BrFN3OS/c1-8(2)5-6-16-13(20)18-17-12(19)10-7-9(15)3-4-11(10)14/h3-4,7-8H,5-6H2,1-2H3,(H,17,19)(H2,16,18,20). The molecule has 20 heavy (non-hydrogen) atoms. The van der Waals surface area contributed by atoms with Crippen LogP contribution in [0.25, 0.3) is 0 Å². The second kappa shape index (κ2) is 8.16. The lowest BCUT2D eigenvalue weighted by Crippen LogP contribution is -2.47. The molecule has 1 rings (SSSR count). The number of hydrazine groups is 1. The van der Waals surface area contributed by atoms with Gasteiger partial charge in [-0.25, -0.2) is 4.39 Å². The SMILES string of the molecule is CC(C)CCNC(=S)NNC(=O)c1cc(F)ccc1Br. The molecule has 110 valence electrons. The van der Waals surface area contributed by atoms with Gasteiger partial charge in [0.1, 0.15) is 5.82 Å². The molecule has 0 fully saturated rings. The Morgan fingerprint density at radius 2 is 2.10 bits per heavy atom. The van der Waals surface area contributed by atoms with Gasteiger partial charge in [0, 0.05) is 11.0 Å². The van der Waals surface area contributed by atoms with E-state index in [1.54, 1.807) is 0 Å². The van der Waals surface area contributed by atoms with Crippen LogP contribution < -0.4 is 16.2 Å². The number of carbonyl (C=O) groups excluding carboxylic acids is 1. The van der Waals surface area contributed by atoms with E-state index in [2.05, 4.69) is 45.9 Å². The molecule has 1 amide bonds. The number of benzene rings is 1. The van der Waals surface area contributed by atoms with Crippen LogP contribution in [0.3, 0.4) is 0 Å². The van der Waals surface area contributed by atoms with Gasteiger partial charge in [0.25, 0.3) is 5.91 Å². The van der Waals surface area contributed by atoms with Crippen LogP contribution in [0, 0.1) is 11.7 Å². The third kappa shape index (κ3) is 5.83. The van der Waals surface area contributed by atoms with Crippen LogP contribution in [-0.2, 0) is 0 Å². The lowest BCUT2D eigenvalue weighted by Gasteiger charge is -2.13. The summed E-state index contributed by atoms with van der Waals surface area (Å²) in [5.41, 5.74) is 5.19. The second-order valence-electron chi connectivity index (χ2n) is 4.64. The Hall–Kier alpha value is -1.21. The highest BCUT2D eigenvalue weighted by Gasteiger charge is 2.11. The molecule has 0 aliphatic carbocycles. The maximum Gasteiger partial charge on any atom is 0.270 e. The van der Waals surface area contributed by atoms with Crippen molar-refractivity contribution in [2.75, 3.05) is 6.54 Å². The molecule has 0 aliphatic rings. The fraction of sp³-hybridized carbons (Fsp3) is 0.385. The first-order valence-electron chi connectivity index (χ1n) is 6.19. The van der Waals surface area contributed by atoms with Gasteiger partial charge in [-0.1, -0.05) is 13.8 Å². The lowest BCUT2D eigenvalue weighted by atomic mass is 10.1. The molecule has 0 saturated heterocycles. The van der Waals surface area contributed by atoms with E-state index in [4.69, 9.17) is 12.2 Å². The fourth-order valence-corrected chi connectivity index (χ4v) is 1.95. The third-order valence-corrected chi connectivity index (χ3v) is 3.41. The van der Waals surface area contributed by atoms with Gasteiger partial charge in [0.15, 0.2) is 5.11 Å². The lowest BCUT2D eigenvalue weighted by molar-refractivity contribution is 0.0942. The molecule has 0 atom stereocenters. The second-order valence-corrected chi connectivity index (χ2v) is 5.90. The monoisotopic (exact) mass is 361 g/mol. The van der Waals surface area contributed by atoms with Gasteiger partial charge >= 0.3 is 0 Å². The zero-order valence-electron chi connectivity index (χ0n) is 11.3. The van der Waals surface area contributed by atoms with E-state index >= 15 is 0 Å². The van der Waals surface area contributed by atoms with Gasteiger partial charge < -0.3 is 5.32 Å². The zero-order valence-corrected chi connectivity index (χ0v) is 13.7. The maximum absolute atomic E-state index is 13.1. The van der Waals surface area contributed by atoms with E-state index in [1.165, 1.54) is 12.1 Å². The zero-order chi connectivity index (χ0) is 15.1. The van der Waals surface area contributed by atoms with Gasteiger partial charge in [-0.15, -0.1) is 0 Å². The number of carbonyl (C=O) groups is 1. The minimum absolute atomic E-state index is 0.197. The molecule has 0 heterocycles. The molecule has 7 heteroatoms. The van der Waals surface area contributed by atoms with Crippen molar-refractivity contribution in [3.8, 4) is 0 Å². The van der Waals surface area contributed by atoms with Crippen LogP contribution in [0.2, 0.25) is 0 Å². The summed E-state index contributed by atoms with van der Waals surface area (Å²) in [7, 11) is 0. The van der Waals surface area contributed by atoms with Crippen LogP contribution in [0.4, 0.5) is 4.39 Å². The van der Waals surface area contributed by atoms with E-state index in [-0.39, 0.29) is 5.56 Å². The summed E-state index contributed by atoms with van der Waals surface area (Å²) >= 11 is 8.20. The molecule has 4 nitrogen and oxygen atoms in total. The van der Waals surface area contributed by atoms with Crippen LogP contribution in [0.1, 0.15) is 30.6 Å². The average molecular weight is 362 g/mol. The van der Waals surface area contributed by atoms with Gasteiger partial charge in [-0.3, -0.25) is 15.6 Å². The van der Waals surface area contributed by atoms with Crippen molar-refractivity contribution in [2.24, 2.45) is 5.92 Å². The summed E-state index contributed by atoms with van der Waals surface area (Å²) in [5.74, 6) is -0.372. The molecule has 0 radical (unpaired) electrons.